The van der Waals surface area contributed by atoms with Gasteiger partial charge < -0.3 is 14.5 Å². The van der Waals surface area contributed by atoms with Crippen LogP contribution in [-0.2, 0) is 24.1 Å². The molecule has 0 atom stereocenters. The van der Waals surface area contributed by atoms with E-state index >= 15 is 0 Å². The Morgan fingerprint density at radius 3 is 2.41 bits per heavy atom. The maximum absolute atomic E-state index is 14.9. The zero-order valence-corrected chi connectivity index (χ0v) is 20.7. The Kier molecular flexibility index (Phi) is 7.83. The number of aryl methyl sites for hydroxylation is 1. The van der Waals surface area contributed by atoms with Crippen molar-refractivity contribution in [3.63, 3.8) is 0 Å². The van der Waals surface area contributed by atoms with E-state index in [1.807, 2.05) is 29.2 Å². The fraction of sp³-hybridized carbons (Fsp3) is 0.296. The number of hydrogen-bond acceptors (Lipinski definition) is 3. The average molecular weight is 529 g/mol. The van der Waals surface area contributed by atoms with Gasteiger partial charge in [0.15, 0.2) is 0 Å². The molecule has 0 N–H and O–H groups in total. The van der Waals surface area contributed by atoms with Gasteiger partial charge in [0.2, 0.25) is 5.91 Å². The minimum Gasteiger partial charge on any atom is -0.496 e. The number of benzene rings is 3. The van der Waals surface area contributed by atoms with Crippen molar-refractivity contribution in [1.82, 2.24) is 4.90 Å². The van der Waals surface area contributed by atoms with Crippen molar-refractivity contribution < 1.29 is 18.3 Å². The molecule has 0 radical (unpaired) electrons. The maximum Gasteiger partial charge on any atom is 0.227 e. The molecule has 0 bridgehead atoms. The molecule has 1 aliphatic heterocycles. The SMILES string of the molecule is COc1ccc(Br)cc1CCc1c(F)cccc1N1CCN(C(=O)Cc2ccc(F)cc2)CC1. The highest BCUT2D eigenvalue weighted by Crippen LogP contribution is 2.29. The summed E-state index contributed by atoms with van der Waals surface area (Å²) < 4.78 is 34.4. The molecule has 0 saturated carbocycles. The van der Waals surface area contributed by atoms with Gasteiger partial charge in [0.25, 0.3) is 0 Å². The van der Waals surface area contributed by atoms with Gasteiger partial charge in [0.05, 0.1) is 13.5 Å². The highest BCUT2D eigenvalue weighted by Gasteiger charge is 2.24. The summed E-state index contributed by atoms with van der Waals surface area (Å²) in [7, 11) is 1.64. The minimum atomic E-state index is -0.311. The second-order valence-corrected chi connectivity index (χ2v) is 9.28. The van der Waals surface area contributed by atoms with Gasteiger partial charge in [-0.15, -0.1) is 0 Å². The number of carbonyl (C=O) groups excluding carboxylic acids is 1. The Balaban J connectivity index is 1.41. The lowest BCUT2D eigenvalue weighted by Gasteiger charge is -2.37. The molecule has 3 aromatic rings. The number of methoxy groups -OCH3 is 1. The largest absolute Gasteiger partial charge is 0.496 e. The number of carbonyl (C=O) groups is 1. The zero-order valence-electron chi connectivity index (χ0n) is 19.1. The van der Waals surface area contributed by atoms with E-state index in [1.165, 1.54) is 18.2 Å². The molecule has 4 nitrogen and oxygen atoms in total. The van der Waals surface area contributed by atoms with Gasteiger partial charge in [-0.25, -0.2) is 8.78 Å². The monoisotopic (exact) mass is 528 g/mol. The first kappa shape index (κ1) is 24.2. The number of nitrogens with zero attached hydrogens (tertiary/aromatic N) is 2. The first-order valence-electron chi connectivity index (χ1n) is 11.3. The summed E-state index contributed by atoms with van der Waals surface area (Å²) in [5.74, 6) is 0.275. The van der Waals surface area contributed by atoms with Crippen LogP contribution in [0.4, 0.5) is 14.5 Å². The van der Waals surface area contributed by atoms with Crippen molar-refractivity contribution in [2.24, 2.45) is 0 Å². The fourth-order valence-electron chi connectivity index (χ4n) is 4.38. The van der Waals surface area contributed by atoms with E-state index in [0.29, 0.717) is 44.6 Å². The lowest BCUT2D eigenvalue weighted by molar-refractivity contribution is -0.130. The lowest BCUT2D eigenvalue weighted by Crippen LogP contribution is -2.49. The van der Waals surface area contributed by atoms with E-state index in [4.69, 9.17) is 4.74 Å². The summed E-state index contributed by atoms with van der Waals surface area (Å²) in [6.45, 7) is 2.39. The quantitative estimate of drug-likeness (QED) is 0.411. The van der Waals surface area contributed by atoms with Gasteiger partial charge in [0.1, 0.15) is 17.4 Å². The van der Waals surface area contributed by atoms with E-state index in [-0.39, 0.29) is 24.0 Å². The minimum absolute atomic E-state index is 0.0208. The summed E-state index contributed by atoms with van der Waals surface area (Å²) in [5, 5.41) is 0. The van der Waals surface area contributed by atoms with Crippen LogP contribution in [0.2, 0.25) is 0 Å². The second-order valence-electron chi connectivity index (χ2n) is 8.36. The van der Waals surface area contributed by atoms with Crippen LogP contribution in [0, 0.1) is 11.6 Å². The van der Waals surface area contributed by atoms with Crippen molar-refractivity contribution in [2.75, 3.05) is 38.2 Å². The summed E-state index contributed by atoms with van der Waals surface area (Å²) in [6, 6.07) is 17.0. The van der Waals surface area contributed by atoms with Crippen LogP contribution >= 0.6 is 15.9 Å². The Morgan fingerprint density at radius 1 is 0.971 bits per heavy atom. The molecular formula is C27H27BrF2N2O2. The van der Waals surface area contributed by atoms with Crippen molar-refractivity contribution in [3.8, 4) is 5.75 Å². The Labute approximate surface area is 207 Å². The predicted octanol–water partition coefficient (Wildman–Crippen LogP) is 5.41. The van der Waals surface area contributed by atoms with Crippen LogP contribution in [0.25, 0.3) is 0 Å². The highest BCUT2D eigenvalue weighted by molar-refractivity contribution is 9.10. The van der Waals surface area contributed by atoms with Crippen molar-refractivity contribution in [3.05, 3.63) is 93.5 Å². The van der Waals surface area contributed by atoms with Crippen LogP contribution < -0.4 is 9.64 Å². The van der Waals surface area contributed by atoms with Crippen LogP contribution in [0.1, 0.15) is 16.7 Å². The first-order valence-corrected chi connectivity index (χ1v) is 12.1. The lowest BCUT2D eigenvalue weighted by atomic mass is 10.0. The number of hydrogen-bond donors (Lipinski definition) is 0. The molecule has 1 saturated heterocycles. The van der Waals surface area contributed by atoms with Gasteiger partial charge in [-0.1, -0.05) is 34.1 Å². The number of halogens is 3. The third-order valence-corrected chi connectivity index (χ3v) is 6.72. The molecule has 178 valence electrons. The van der Waals surface area contributed by atoms with E-state index in [2.05, 4.69) is 20.8 Å². The predicted molar refractivity (Wildman–Crippen MR) is 133 cm³/mol. The number of anilines is 1. The summed E-state index contributed by atoms with van der Waals surface area (Å²) in [5.41, 5.74) is 3.36. The normalized spacial score (nSPS) is 13.8. The van der Waals surface area contributed by atoms with Gasteiger partial charge in [0, 0.05) is 41.9 Å². The first-order chi connectivity index (χ1) is 16.4. The molecule has 0 aliphatic carbocycles. The van der Waals surface area contributed by atoms with Crippen molar-refractivity contribution in [2.45, 2.75) is 19.3 Å². The molecule has 1 fully saturated rings. The Hall–Kier alpha value is -2.93. The molecule has 4 rings (SSSR count). The van der Waals surface area contributed by atoms with Crippen LogP contribution in [-0.4, -0.2) is 44.1 Å². The molecule has 0 aromatic heterocycles. The topological polar surface area (TPSA) is 32.8 Å². The summed E-state index contributed by atoms with van der Waals surface area (Å²) in [6.07, 6.45) is 1.44. The van der Waals surface area contributed by atoms with Crippen LogP contribution in [0.3, 0.4) is 0 Å². The smallest absolute Gasteiger partial charge is 0.227 e. The summed E-state index contributed by atoms with van der Waals surface area (Å²) in [4.78, 5) is 16.7. The molecule has 7 heteroatoms. The molecule has 3 aromatic carbocycles. The van der Waals surface area contributed by atoms with Gasteiger partial charge in [-0.05, 0) is 66.4 Å². The number of piperazine rings is 1. The van der Waals surface area contributed by atoms with Gasteiger partial charge >= 0.3 is 0 Å². The fourth-order valence-corrected chi connectivity index (χ4v) is 4.79. The van der Waals surface area contributed by atoms with Gasteiger partial charge in [-0.3, -0.25) is 4.79 Å². The third-order valence-electron chi connectivity index (χ3n) is 6.22. The molecule has 1 heterocycles. The number of amides is 1. The molecule has 1 amide bonds. The number of rotatable bonds is 7. The highest BCUT2D eigenvalue weighted by atomic mass is 79.9. The van der Waals surface area contributed by atoms with E-state index in [9.17, 15) is 13.6 Å². The van der Waals surface area contributed by atoms with Crippen molar-refractivity contribution >= 4 is 27.5 Å². The zero-order chi connectivity index (χ0) is 24.1. The van der Waals surface area contributed by atoms with Crippen LogP contribution in [0.5, 0.6) is 5.75 Å². The van der Waals surface area contributed by atoms with E-state index < -0.39 is 0 Å². The average Bonchev–Trinajstić information content (AvgIpc) is 2.85. The van der Waals surface area contributed by atoms with Crippen molar-refractivity contribution in [1.29, 1.82) is 0 Å². The second kappa shape index (κ2) is 11.0. The molecule has 0 unspecified atom stereocenters. The maximum atomic E-state index is 14.9. The standard InChI is InChI=1S/C27H27BrF2N2O2/c1-34-26-12-8-21(28)18-20(26)7-11-23-24(30)3-2-4-25(23)31-13-15-32(16-14-31)27(33)17-19-5-9-22(29)10-6-19/h2-6,8-10,12,18H,7,11,13-17H2,1H3. The Bertz CT molecular complexity index is 1150. The van der Waals surface area contributed by atoms with Crippen LogP contribution in [0.15, 0.2) is 65.1 Å². The van der Waals surface area contributed by atoms with Gasteiger partial charge in [-0.2, -0.15) is 0 Å². The third kappa shape index (κ3) is 5.76. The Morgan fingerprint density at radius 2 is 1.71 bits per heavy atom. The molecule has 34 heavy (non-hydrogen) atoms. The van der Waals surface area contributed by atoms with E-state index in [1.54, 1.807) is 25.3 Å². The molecular weight excluding hydrogens is 502 g/mol. The number of ether oxygens (including phenoxy) is 1. The molecule has 0 spiro atoms. The molecule has 1 aliphatic rings. The van der Waals surface area contributed by atoms with E-state index in [0.717, 1.165) is 27.0 Å². The summed E-state index contributed by atoms with van der Waals surface area (Å²) >= 11 is 3.50.